The number of aliphatic hydroxyl groups is 1. The summed E-state index contributed by atoms with van der Waals surface area (Å²) in [5.74, 6) is 0.750. The van der Waals surface area contributed by atoms with Crippen LogP contribution in [0.3, 0.4) is 0 Å². The molecular weight excluding hydrogens is 296 g/mol. The first-order chi connectivity index (χ1) is 11.2. The highest BCUT2D eigenvalue weighted by Crippen LogP contribution is 2.24. The minimum absolute atomic E-state index is 0.199. The van der Waals surface area contributed by atoms with Gasteiger partial charge in [-0.3, -0.25) is 9.80 Å². The zero-order valence-electron chi connectivity index (χ0n) is 13.3. The van der Waals surface area contributed by atoms with Crippen molar-refractivity contribution in [3.63, 3.8) is 0 Å². The van der Waals surface area contributed by atoms with Crippen LogP contribution < -0.4 is 10.4 Å². The lowest BCUT2D eigenvalue weighted by atomic mass is 10.1. The van der Waals surface area contributed by atoms with Crippen LogP contribution in [0, 0.1) is 0 Å². The first-order valence-corrected chi connectivity index (χ1v) is 7.86. The molecule has 6 heteroatoms. The number of fused-ring (bicyclic) bond motifs is 1. The number of hydrogen-bond donors (Lipinski definition) is 1. The second kappa shape index (κ2) is 7.12. The first kappa shape index (κ1) is 16.0. The second-order valence-electron chi connectivity index (χ2n) is 5.79. The summed E-state index contributed by atoms with van der Waals surface area (Å²) < 4.78 is 10.5. The summed E-state index contributed by atoms with van der Waals surface area (Å²) in [7, 11) is 1.63. The van der Waals surface area contributed by atoms with E-state index in [1.807, 2.05) is 6.07 Å². The number of rotatable bonds is 5. The Morgan fingerprint density at radius 3 is 2.61 bits per heavy atom. The van der Waals surface area contributed by atoms with E-state index in [0.29, 0.717) is 12.1 Å². The second-order valence-corrected chi connectivity index (χ2v) is 5.79. The van der Waals surface area contributed by atoms with Gasteiger partial charge in [0.25, 0.3) is 0 Å². The van der Waals surface area contributed by atoms with E-state index in [1.165, 1.54) is 0 Å². The highest BCUT2D eigenvalue weighted by Gasteiger charge is 2.18. The fourth-order valence-corrected chi connectivity index (χ4v) is 3.02. The minimum Gasteiger partial charge on any atom is -0.497 e. The van der Waals surface area contributed by atoms with Crippen LogP contribution in [-0.2, 0) is 6.54 Å². The molecule has 0 bridgehead atoms. The third kappa shape index (κ3) is 3.72. The van der Waals surface area contributed by atoms with Crippen LogP contribution >= 0.6 is 0 Å². The van der Waals surface area contributed by atoms with Crippen molar-refractivity contribution in [3.8, 4) is 5.75 Å². The molecular formula is C17H22N2O4. The zero-order valence-corrected chi connectivity index (χ0v) is 13.3. The zero-order chi connectivity index (χ0) is 16.2. The number of piperazine rings is 1. The lowest BCUT2D eigenvalue weighted by Crippen LogP contribution is -2.46. The Morgan fingerprint density at radius 1 is 1.17 bits per heavy atom. The summed E-state index contributed by atoms with van der Waals surface area (Å²) in [6.07, 6.45) is 0. The maximum Gasteiger partial charge on any atom is 0.336 e. The van der Waals surface area contributed by atoms with Crippen molar-refractivity contribution in [3.05, 3.63) is 40.2 Å². The van der Waals surface area contributed by atoms with Gasteiger partial charge < -0.3 is 14.3 Å². The summed E-state index contributed by atoms with van der Waals surface area (Å²) in [6.45, 7) is 5.35. The minimum atomic E-state index is -0.323. The standard InChI is InChI=1S/C17H22N2O4/c1-22-14-2-3-16-15(11-14)13(10-17(21)23-16)12-19-6-4-18(5-7-19)8-9-20/h2-3,10-11,20H,4-9,12H2,1H3. The number of aliphatic hydroxyl groups excluding tert-OH is 1. The molecule has 1 aliphatic heterocycles. The smallest absolute Gasteiger partial charge is 0.336 e. The van der Waals surface area contributed by atoms with Crippen molar-refractivity contribution in [2.75, 3.05) is 46.4 Å². The van der Waals surface area contributed by atoms with Gasteiger partial charge in [-0.05, 0) is 23.8 Å². The Labute approximate surface area is 134 Å². The van der Waals surface area contributed by atoms with Gasteiger partial charge in [-0.1, -0.05) is 0 Å². The Balaban J connectivity index is 1.81. The Kier molecular flexibility index (Phi) is 4.95. The fraction of sp³-hybridized carbons (Fsp3) is 0.471. The van der Waals surface area contributed by atoms with Gasteiger partial charge >= 0.3 is 5.63 Å². The van der Waals surface area contributed by atoms with Crippen molar-refractivity contribution in [2.45, 2.75) is 6.54 Å². The van der Waals surface area contributed by atoms with Crippen LogP contribution in [0.5, 0.6) is 5.75 Å². The largest absolute Gasteiger partial charge is 0.497 e. The molecule has 23 heavy (non-hydrogen) atoms. The summed E-state index contributed by atoms with van der Waals surface area (Å²) >= 11 is 0. The van der Waals surface area contributed by atoms with Crippen LogP contribution in [0.15, 0.2) is 33.5 Å². The van der Waals surface area contributed by atoms with Crippen LogP contribution in [0.25, 0.3) is 11.0 Å². The highest BCUT2D eigenvalue weighted by molar-refractivity contribution is 5.81. The molecule has 1 aliphatic rings. The molecule has 1 aromatic carbocycles. The molecule has 6 nitrogen and oxygen atoms in total. The lowest BCUT2D eigenvalue weighted by Gasteiger charge is -2.34. The summed E-state index contributed by atoms with van der Waals surface area (Å²) in [5.41, 5.74) is 1.23. The maximum absolute atomic E-state index is 11.8. The molecule has 1 aromatic heterocycles. The van der Waals surface area contributed by atoms with Crippen LogP contribution in [0.1, 0.15) is 5.56 Å². The van der Waals surface area contributed by atoms with E-state index in [-0.39, 0.29) is 12.2 Å². The molecule has 0 radical (unpaired) electrons. The Bertz CT molecular complexity index is 720. The van der Waals surface area contributed by atoms with Gasteiger partial charge in [0.15, 0.2) is 0 Å². The van der Waals surface area contributed by atoms with Crippen LogP contribution in [-0.4, -0.2) is 61.3 Å². The molecule has 0 aliphatic carbocycles. The van der Waals surface area contributed by atoms with Crippen molar-refractivity contribution < 1.29 is 14.3 Å². The Morgan fingerprint density at radius 2 is 1.91 bits per heavy atom. The number of methoxy groups -OCH3 is 1. The number of β-amino-alcohol motifs (C(OH)–C–C–N with tert-alkyl or cyclic N) is 1. The molecule has 2 heterocycles. The van der Waals surface area contributed by atoms with Crippen LogP contribution in [0.2, 0.25) is 0 Å². The van der Waals surface area contributed by atoms with Gasteiger partial charge in [0, 0.05) is 50.7 Å². The summed E-state index contributed by atoms with van der Waals surface area (Å²) in [5, 5.41) is 9.92. The van der Waals surface area contributed by atoms with Gasteiger partial charge in [-0.15, -0.1) is 0 Å². The topological polar surface area (TPSA) is 66.2 Å². The third-order valence-corrected chi connectivity index (χ3v) is 4.31. The van der Waals surface area contributed by atoms with Gasteiger partial charge in [-0.2, -0.15) is 0 Å². The first-order valence-electron chi connectivity index (χ1n) is 7.86. The monoisotopic (exact) mass is 318 g/mol. The molecule has 0 unspecified atom stereocenters. The van der Waals surface area contributed by atoms with E-state index in [9.17, 15) is 4.79 Å². The number of benzene rings is 1. The average molecular weight is 318 g/mol. The van der Waals surface area contributed by atoms with Gasteiger partial charge in [0.05, 0.1) is 13.7 Å². The molecule has 0 atom stereocenters. The SMILES string of the molecule is COc1ccc2oc(=O)cc(CN3CCN(CCO)CC3)c2c1. The molecule has 2 aromatic rings. The maximum atomic E-state index is 11.8. The summed E-state index contributed by atoms with van der Waals surface area (Å²) in [6, 6.07) is 7.05. The lowest BCUT2D eigenvalue weighted by molar-refractivity contribution is 0.108. The predicted octanol–water partition coefficient (Wildman–Crippen LogP) is 0.911. The van der Waals surface area contributed by atoms with Crippen LogP contribution in [0.4, 0.5) is 0 Å². The van der Waals surface area contributed by atoms with Crippen molar-refractivity contribution >= 4 is 11.0 Å². The molecule has 124 valence electrons. The molecule has 1 saturated heterocycles. The molecule has 1 N–H and O–H groups in total. The number of hydrogen-bond acceptors (Lipinski definition) is 6. The quantitative estimate of drug-likeness (QED) is 0.827. The van der Waals surface area contributed by atoms with E-state index < -0.39 is 0 Å². The molecule has 1 fully saturated rings. The van der Waals surface area contributed by atoms with E-state index >= 15 is 0 Å². The molecule has 0 spiro atoms. The number of nitrogens with zero attached hydrogens (tertiary/aromatic N) is 2. The van der Waals surface area contributed by atoms with Crippen molar-refractivity contribution in [1.29, 1.82) is 0 Å². The van der Waals surface area contributed by atoms with Crippen molar-refractivity contribution in [1.82, 2.24) is 9.80 Å². The van der Waals surface area contributed by atoms with Gasteiger partial charge in [0.1, 0.15) is 11.3 Å². The van der Waals surface area contributed by atoms with Gasteiger partial charge in [0.2, 0.25) is 0 Å². The van der Waals surface area contributed by atoms with E-state index in [2.05, 4.69) is 9.80 Å². The normalized spacial score (nSPS) is 16.8. The van der Waals surface area contributed by atoms with E-state index in [1.54, 1.807) is 25.3 Å². The highest BCUT2D eigenvalue weighted by atomic mass is 16.5. The molecule has 3 rings (SSSR count). The molecule has 0 saturated carbocycles. The van der Waals surface area contributed by atoms with E-state index in [0.717, 1.165) is 49.4 Å². The van der Waals surface area contributed by atoms with E-state index in [4.69, 9.17) is 14.3 Å². The Hall–Kier alpha value is -1.89. The van der Waals surface area contributed by atoms with Gasteiger partial charge in [-0.25, -0.2) is 4.79 Å². The average Bonchev–Trinajstić information content (AvgIpc) is 2.56. The third-order valence-electron chi connectivity index (χ3n) is 4.31. The predicted molar refractivity (Wildman–Crippen MR) is 87.8 cm³/mol. The number of ether oxygens (including phenoxy) is 1. The summed E-state index contributed by atoms with van der Waals surface area (Å²) in [4.78, 5) is 16.4. The molecule has 0 amide bonds. The van der Waals surface area contributed by atoms with Crippen molar-refractivity contribution in [2.24, 2.45) is 0 Å². The fourth-order valence-electron chi connectivity index (χ4n) is 3.02.